The maximum absolute atomic E-state index is 13.3. The van der Waals surface area contributed by atoms with Crippen molar-refractivity contribution in [2.75, 3.05) is 17.2 Å². The van der Waals surface area contributed by atoms with Gasteiger partial charge in [0.1, 0.15) is 11.4 Å². The van der Waals surface area contributed by atoms with Crippen LogP contribution in [0.3, 0.4) is 0 Å². The van der Waals surface area contributed by atoms with Gasteiger partial charge in [-0.1, -0.05) is 17.7 Å². The lowest BCUT2D eigenvalue weighted by atomic mass is 9.96. The van der Waals surface area contributed by atoms with Crippen LogP contribution >= 0.6 is 11.3 Å². The number of benzene rings is 1. The van der Waals surface area contributed by atoms with E-state index in [-0.39, 0.29) is 30.7 Å². The Labute approximate surface area is 203 Å². The summed E-state index contributed by atoms with van der Waals surface area (Å²) in [6, 6.07) is 4.06. The average Bonchev–Trinajstić information content (AvgIpc) is 3.26. The summed E-state index contributed by atoms with van der Waals surface area (Å²) in [6.07, 6.45) is 4.03. The van der Waals surface area contributed by atoms with Gasteiger partial charge in [-0.2, -0.15) is 0 Å². The molecule has 0 unspecified atom stereocenters. The third-order valence-electron chi connectivity index (χ3n) is 6.17. The van der Waals surface area contributed by atoms with E-state index in [0.29, 0.717) is 5.69 Å². The topological polar surface area (TPSA) is 89.4 Å². The number of carbonyl (C=O) groups excluding carboxylic acids is 3. The number of nitrogens with one attached hydrogen (secondary N) is 2. The molecule has 4 rings (SSSR count). The molecule has 1 aliphatic carbocycles. The second-order valence-corrected chi connectivity index (χ2v) is 10.0. The predicted octanol–water partition coefficient (Wildman–Crippen LogP) is 5.28. The fourth-order valence-corrected chi connectivity index (χ4v) is 6.31. The first-order valence-corrected chi connectivity index (χ1v) is 12.5. The van der Waals surface area contributed by atoms with Gasteiger partial charge < -0.3 is 19.9 Å². The van der Waals surface area contributed by atoms with Gasteiger partial charge in [-0.25, -0.2) is 4.79 Å². The van der Waals surface area contributed by atoms with E-state index in [1.807, 2.05) is 32.9 Å². The van der Waals surface area contributed by atoms with Gasteiger partial charge in [0.15, 0.2) is 5.69 Å². The number of ether oxygens (including phenoxy) is 1. The van der Waals surface area contributed by atoms with Crippen LogP contribution in [-0.4, -0.2) is 29.0 Å². The Balaban J connectivity index is 1.82. The van der Waals surface area contributed by atoms with Gasteiger partial charge in [0.2, 0.25) is 11.8 Å². The molecule has 34 heavy (non-hydrogen) atoms. The Kier molecular flexibility index (Phi) is 6.79. The molecule has 1 aliphatic rings. The summed E-state index contributed by atoms with van der Waals surface area (Å²) in [5.74, 6) is -1.05. The molecular formula is C26H31N3O4S. The van der Waals surface area contributed by atoms with Crippen LogP contribution in [0.4, 0.5) is 11.4 Å². The zero-order chi connectivity index (χ0) is 24.6. The molecule has 3 aromatic rings. The van der Waals surface area contributed by atoms with Crippen LogP contribution in [0.25, 0.3) is 10.2 Å². The van der Waals surface area contributed by atoms with Gasteiger partial charge in [0, 0.05) is 22.9 Å². The number of esters is 1. The molecule has 2 amide bonds. The van der Waals surface area contributed by atoms with E-state index < -0.39 is 5.97 Å². The van der Waals surface area contributed by atoms with Gasteiger partial charge >= 0.3 is 5.97 Å². The number of hydrogen-bond donors (Lipinski definition) is 2. The van der Waals surface area contributed by atoms with Crippen LogP contribution in [0, 0.1) is 20.8 Å². The number of aromatic nitrogens is 1. The molecule has 0 atom stereocenters. The molecule has 2 aromatic heterocycles. The fraction of sp³-hybridized carbons (Fsp3) is 0.423. The van der Waals surface area contributed by atoms with Crippen LogP contribution in [0.2, 0.25) is 0 Å². The van der Waals surface area contributed by atoms with Crippen molar-refractivity contribution in [3.05, 3.63) is 45.0 Å². The number of aryl methyl sites for hydroxylation is 5. The highest BCUT2D eigenvalue weighted by atomic mass is 32.1. The Morgan fingerprint density at radius 1 is 1.03 bits per heavy atom. The van der Waals surface area contributed by atoms with E-state index in [1.165, 1.54) is 17.4 Å². The standard InChI is InChI=1S/C26H31N3O4S/c1-6-33-26(32)24-23(27-17(5)30)21-18-9-7-8-10-19(18)34-25(21)29(24)13-20(31)28-22-15(3)11-14(2)12-16(22)4/h11-12H,6-10,13H2,1-5H3,(H,27,30)(H,28,31). The van der Waals surface area contributed by atoms with Gasteiger partial charge in [0.25, 0.3) is 0 Å². The minimum atomic E-state index is -0.547. The summed E-state index contributed by atoms with van der Waals surface area (Å²) < 4.78 is 7.06. The van der Waals surface area contributed by atoms with Crippen molar-refractivity contribution in [2.45, 2.75) is 66.8 Å². The fourth-order valence-electron chi connectivity index (χ4n) is 4.91. The second-order valence-electron chi connectivity index (χ2n) is 8.92. The molecular weight excluding hydrogens is 450 g/mol. The van der Waals surface area contributed by atoms with Crippen molar-refractivity contribution in [3.63, 3.8) is 0 Å². The molecule has 180 valence electrons. The second kappa shape index (κ2) is 9.62. The monoisotopic (exact) mass is 481 g/mol. The molecule has 1 aromatic carbocycles. The van der Waals surface area contributed by atoms with E-state index in [2.05, 4.69) is 10.6 Å². The summed E-state index contributed by atoms with van der Waals surface area (Å²) in [6.45, 7) is 9.26. The third kappa shape index (κ3) is 4.46. The lowest BCUT2D eigenvalue weighted by Gasteiger charge is -2.15. The maximum Gasteiger partial charge on any atom is 0.357 e. The van der Waals surface area contributed by atoms with Gasteiger partial charge in [-0.15, -0.1) is 11.3 Å². The molecule has 8 heteroatoms. The Bertz CT molecular complexity index is 1280. The number of amides is 2. The van der Waals surface area contributed by atoms with E-state index in [4.69, 9.17) is 4.74 Å². The third-order valence-corrected chi connectivity index (χ3v) is 7.48. The summed E-state index contributed by atoms with van der Waals surface area (Å²) >= 11 is 1.60. The highest BCUT2D eigenvalue weighted by Gasteiger charge is 2.31. The summed E-state index contributed by atoms with van der Waals surface area (Å²) in [5, 5.41) is 6.78. The van der Waals surface area contributed by atoms with Gasteiger partial charge in [-0.3, -0.25) is 9.59 Å². The van der Waals surface area contributed by atoms with Crippen LogP contribution < -0.4 is 10.6 Å². The van der Waals surface area contributed by atoms with E-state index in [9.17, 15) is 14.4 Å². The summed E-state index contributed by atoms with van der Waals surface area (Å²) in [4.78, 5) is 40.5. The Morgan fingerprint density at radius 2 is 1.71 bits per heavy atom. The van der Waals surface area contributed by atoms with Crippen molar-refractivity contribution in [1.82, 2.24) is 4.57 Å². The minimum Gasteiger partial charge on any atom is -0.461 e. The SMILES string of the molecule is CCOC(=O)c1c(NC(C)=O)c2c3c(sc2n1CC(=O)Nc1c(C)cc(C)cc1C)CCCC3. The number of carbonyl (C=O) groups is 3. The van der Waals surface area contributed by atoms with Crippen molar-refractivity contribution in [2.24, 2.45) is 0 Å². The van der Waals surface area contributed by atoms with Crippen molar-refractivity contribution >= 4 is 50.7 Å². The molecule has 0 aliphatic heterocycles. The quantitative estimate of drug-likeness (QED) is 0.469. The number of hydrogen-bond acceptors (Lipinski definition) is 5. The Morgan fingerprint density at radius 3 is 2.35 bits per heavy atom. The molecule has 7 nitrogen and oxygen atoms in total. The molecule has 0 fully saturated rings. The first-order chi connectivity index (χ1) is 16.2. The predicted molar refractivity (Wildman–Crippen MR) is 136 cm³/mol. The highest BCUT2D eigenvalue weighted by molar-refractivity contribution is 7.19. The number of anilines is 2. The molecule has 0 saturated heterocycles. The normalized spacial score (nSPS) is 13.0. The minimum absolute atomic E-state index is 0.0591. The average molecular weight is 482 g/mol. The van der Waals surface area contributed by atoms with E-state index in [1.54, 1.807) is 22.8 Å². The molecule has 0 bridgehead atoms. The van der Waals surface area contributed by atoms with Gasteiger partial charge in [0.05, 0.1) is 12.3 Å². The van der Waals surface area contributed by atoms with Crippen LogP contribution in [0.5, 0.6) is 0 Å². The van der Waals surface area contributed by atoms with Crippen molar-refractivity contribution in [1.29, 1.82) is 0 Å². The number of nitrogens with zero attached hydrogens (tertiary/aromatic N) is 1. The van der Waals surface area contributed by atoms with Crippen molar-refractivity contribution < 1.29 is 19.1 Å². The summed E-state index contributed by atoms with van der Waals surface area (Å²) in [5.41, 5.74) is 5.73. The van der Waals surface area contributed by atoms with Crippen molar-refractivity contribution in [3.8, 4) is 0 Å². The number of fused-ring (bicyclic) bond motifs is 3. The zero-order valence-electron chi connectivity index (χ0n) is 20.4. The van der Waals surface area contributed by atoms with E-state index in [0.717, 1.165) is 58.3 Å². The zero-order valence-corrected chi connectivity index (χ0v) is 21.2. The van der Waals surface area contributed by atoms with Crippen LogP contribution in [-0.2, 0) is 33.7 Å². The Hall–Kier alpha value is -3.13. The number of thiophene rings is 1. The summed E-state index contributed by atoms with van der Waals surface area (Å²) in [7, 11) is 0. The molecule has 0 spiro atoms. The number of rotatable bonds is 6. The molecule has 0 radical (unpaired) electrons. The lowest BCUT2D eigenvalue weighted by molar-refractivity contribution is -0.116. The molecule has 2 N–H and O–H groups in total. The maximum atomic E-state index is 13.3. The van der Waals surface area contributed by atoms with Crippen LogP contribution in [0.15, 0.2) is 12.1 Å². The first-order valence-electron chi connectivity index (χ1n) is 11.7. The highest BCUT2D eigenvalue weighted by Crippen LogP contribution is 2.44. The molecule has 2 heterocycles. The van der Waals surface area contributed by atoms with Crippen LogP contribution in [0.1, 0.15) is 64.3 Å². The first kappa shape index (κ1) is 24.0. The lowest BCUT2D eigenvalue weighted by Crippen LogP contribution is -2.23. The van der Waals surface area contributed by atoms with E-state index >= 15 is 0 Å². The largest absolute Gasteiger partial charge is 0.461 e. The smallest absolute Gasteiger partial charge is 0.357 e. The van der Waals surface area contributed by atoms with Gasteiger partial charge in [-0.05, 0) is 70.1 Å². The molecule has 0 saturated carbocycles.